The Morgan fingerprint density at radius 1 is 1.23 bits per heavy atom. The molecule has 1 aromatic carbocycles. The summed E-state index contributed by atoms with van der Waals surface area (Å²) in [5.74, 6) is 0.793. The van der Waals surface area contributed by atoms with Crippen molar-refractivity contribution in [3.8, 4) is 0 Å². The van der Waals surface area contributed by atoms with Gasteiger partial charge < -0.3 is 4.90 Å². The molecule has 1 atom stereocenters. The Morgan fingerprint density at radius 3 is 2.68 bits per heavy atom. The normalized spacial score (nSPS) is 22.1. The van der Waals surface area contributed by atoms with Crippen LogP contribution in [0.2, 0.25) is 0 Å². The Kier molecular flexibility index (Phi) is 5.37. The lowest BCUT2D eigenvalue weighted by molar-refractivity contribution is -0.130. The van der Waals surface area contributed by atoms with Gasteiger partial charge in [-0.2, -0.15) is 0 Å². The second-order valence-electron chi connectivity index (χ2n) is 6.63. The van der Waals surface area contributed by atoms with Gasteiger partial charge in [0.1, 0.15) is 5.88 Å². The largest absolute Gasteiger partial charge is 0.341 e. The van der Waals surface area contributed by atoms with Crippen molar-refractivity contribution in [1.29, 1.82) is 0 Å². The van der Waals surface area contributed by atoms with Crippen LogP contribution in [0.15, 0.2) is 30.3 Å². The second-order valence-corrected chi connectivity index (χ2v) is 6.90. The number of amides is 1. The first-order chi connectivity index (χ1) is 10.8. The Labute approximate surface area is 138 Å². The van der Waals surface area contributed by atoms with Gasteiger partial charge in [0.15, 0.2) is 0 Å². The molecule has 1 aliphatic carbocycles. The zero-order chi connectivity index (χ0) is 15.4. The number of carbonyl (C=O) groups excluding carboxylic acids is 1. The van der Waals surface area contributed by atoms with Gasteiger partial charge in [-0.05, 0) is 37.2 Å². The van der Waals surface area contributed by atoms with E-state index >= 15 is 0 Å². The van der Waals surface area contributed by atoms with Gasteiger partial charge in [-0.1, -0.05) is 30.3 Å². The molecular weight excluding hydrogens is 296 g/mol. The third kappa shape index (κ3) is 4.23. The van der Waals surface area contributed by atoms with Crippen molar-refractivity contribution in [2.24, 2.45) is 5.92 Å². The van der Waals surface area contributed by atoms with E-state index in [1.54, 1.807) is 0 Å². The minimum absolute atomic E-state index is 0.0902. The van der Waals surface area contributed by atoms with Crippen molar-refractivity contribution < 1.29 is 4.79 Å². The van der Waals surface area contributed by atoms with Gasteiger partial charge in [0.25, 0.3) is 0 Å². The number of alkyl halides is 1. The zero-order valence-electron chi connectivity index (χ0n) is 13.1. The number of piperidine rings is 1. The Hall–Kier alpha value is -1.06. The molecule has 1 aromatic rings. The second kappa shape index (κ2) is 7.47. The third-order valence-electron chi connectivity index (χ3n) is 4.77. The molecule has 22 heavy (non-hydrogen) atoms. The van der Waals surface area contributed by atoms with Gasteiger partial charge in [-0.25, -0.2) is 0 Å². The molecule has 4 heteroatoms. The number of carbonyl (C=O) groups is 1. The lowest BCUT2D eigenvalue weighted by Crippen LogP contribution is -2.44. The van der Waals surface area contributed by atoms with E-state index in [4.69, 9.17) is 11.6 Å². The van der Waals surface area contributed by atoms with E-state index < -0.39 is 0 Å². The summed E-state index contributed by atoms with van der Waals surface area (Å²) >= 11 is 5.70. The van der Waals surface area contributed by atoms with Crippen molar-refractivity contribution in [1.82, 2.24) is 9.80 Å². The summed E-state index contributed by atoms with van der Waals surface area (Å²) in [7, 11) is 0. The molecule has 2 fully saturated rings. The summed E-state index contributed by atoms with van der Waals surface area (Å²) < 4.78 is 0. The van der Waals surface area contributed by atoms with E-state index in [1.165, 1.54) is 24.8 Å². The van der Waals surface area contributed by atoms with Crippen molar-refractivity contribution in [3.63, 3.8) is 0 Å². The molecule has 0 aromatic heterocycles. The number of likely N-dealkylation sites (tertiary alicyclic amines) is 1. The monoisotopic (exact) mass is 320 g/mol. The summed E-state index contributed by atoms with van der Waals surface area (Å²) in [4.78, 5) is 16.4. The van der Waals surface area contributed by atoms with Crippen LogP contribution in [-0.4, -0.2) is 47.3 Å². The smallest absolute Gasteiger partial charge is 0.237 e. The number of hydrogen-bond donors (Lipinski definition) is 0. The summed E-state index contributed by atoms with van der Waals surface area (Å²) in [6.45, 7) is 3.89. The van der Waals surface area contributed by atoms with E-state index in [0.717, 1.165) is 38.6 Å². The average molecular weight is 321 g/mol. The molecule has 2 aliphatic rings. The third-order valence-corrected chi connectivity index (χ3v) is 5.00. The predicted molar refractivity (Wildman–Crippen MR) is 89.9 cm³/mol. The van der Waals surface area contributed by atoms with Crippen molar-refractivity contribution >= 4 is 17.5 Å². The van der Waals surface area contributed by atoms with Crippen molar-refractivity contribution in [2.75, 3.05) is 25.5 Å². The quantitative estimate of drug-likeness (QED) is 0.752. The summed E-state index contributed by atoms with van der Waals surface area (Å²) in [6, 6.07) is 11.5. The molecule has 1 saturated carbocycles. The lowest BCUT2D eigenvalue weighted by atomic mass is 9.97. The van der Waals surface area contributed by atoms with Crippen LogP contribution in [0, 0.1) is 5.92 Å². The molecule has 0 bridgehead atoms. The van der Waals surface area contributed by atoms with Gasteiger partial charge in [-0.3, -0.25) is 9.69 Å². The van der Waals surface area contributed by atoms with E-state index in [2.05, 4.69) is 35.2 Å². The van der Waals surface area contributed by atoms with Crippen LogP contribution in [0.5, 0.6) is 0 Å². The predicted octanol–water partition coefficient (Wildman–Crippen LogP) is 3.13. The molecule has 1 heterocycles. The van der Waals surface area contributed by atoms with Crippen LogP contribution in [0.4, 0.5) is 0 Å². The van der Waals surface area contributed by atoms with Gasteiger partial charge in [0.05, 0.1) is 0 Å². The number of rotatable bonds is 6. The number of nitrogens with zero attached hydrogens (tertiary/aromatic N) is 2. The highest BCUT2D eigenvalue weighted by Gasteiger charge is 2.32. The van der Waals surface area contributed by atoms with Crippen LogP contribution in [-0.2, 0) is 11.3 Å². The highest BCUT2D eigenvalue weighted by Crippen LogP contribution is 2.30. The van der Waals surface area contributed by atoms with E-state index in [9.17, 15) is 4.79 Å². The SMILES string of the molecule is O=C(CCl)N1CCC[C@H](CN(Cc2ccccc2)C2CC2)C1. The van der Waals surface area contributed by atoms with Crippen LogP contribution >= 0.6 is 11.6 Å². The molecule has 1 amide bonds. The first kappa shape index (κ1) is 15.8. The van der Waals surface area contributed by atoms with Gasteiger partial charge in [-0.15, -0.1) is 11.6 Å². The Bertz CT molecular complexity index is 489. The average Bonchev–Trinajstić information content (AvgIpc) is 3.40. The summed E-state index contributed by atoms with van der Waals surface area (Å²) in [5, 5.41) is 0. The molecule has 0 unspecified atom stereocenters. The number of halogens is 1. The maximum Gasteiger partial charge on any atom is 0.237 e. The van der Waals surface area contributed by atoms with Crippen LogP contribution in [0.3, 0.4) is 0 Å². The standard InChI is InChI=1S/C18H25ClN2O/c19-11-18(22)20-10-4-7-16(13-20)14-21(17-8-9-17)12-15-5-2-1-3-6-15/h1-3,5-6,16-17H,4,7-14H2/t16-/m0/s1. The first-order valence-corrected chi connectivity index (χ1v) is 8.91. The Morgan fingerprint density at radius 2 is 2.00 bits per heavy atom. The fraction of sp³-hybridized carbons (Fsp3) is 0.611. The molecule has 0 radical (unpaired) electrons. The number of benzene rings is 1. The zero-order valence-corrected chi connectivity index (χ0v) is 13.8. The minimum Gasteiger partial charge on any atom is -0.341 e. The minimum atomic E-state index is 0.0902. The fourth-order valence-corrected chi connectivity index (χ4v) is 3.63. The van der Waals surface area contributed by atoms with E-state index in [-0.39, 0.29) is 11.8 Å². The van der Waals surface area contributed by atoms with Crippen LogP contribution in [0.1, 0.15) is 31.2 Å². The van der Waals surface area contributed by atoms with Crippen molar-refractivity contribution in [3.05, 3.63) is 35.9 Å². The van der Waals surface area contributed by atoms with Gasteiger partial charge >= 0.3 is 0 Å². The lowest BCUT2D eigenvalue weighted by Gasteiger charge is -2.35. The van der Waals surface area contributed by atoms with Gasteiger partial charge in [0.2, 0.25) is 5.91 Å². The topological polar surface area (TPSA) is 23.6 Å². The Balaban J connectivity index is 1.58. The molecule has 0 spiro atoms. The molecule has 1 saturated heterocycles. The fourth-order valence-electron chi connectivity index (χ4n) is 3.46. The summed E-state index contributed by atoms with van der Waals surface area (Å²) in [6.07, 6.45) is 4.98. The van der Waals surface area contributed by atoms with E-state index in [1.807, 2.05) is 4.90 Å². The molecular formula is C18H25ClN2O. The van der Waals surface area contributed by atoms with Crippen LogP contribution < -0.4 is 0 Å². The van der Waals surface area contributed by atoms with Crippen molar-refractivity contribution in [2.45, 2.75) is 38.3 Å². The highest BCUT2D eigenvalue weighted by atomic mass is 35.5. The first-order valence-electron chi connectivity index (χ1n) is 8.38. The van der Waals surface area contributed by atoms with Crippen LogP contribution in [0.25, 0.3) is 0 Å². The molecule has 120 valence electrons. The molecule has 3 nitrogen and oxygen atoms in total. The number of hydrogen-bond acceptors (Lipinski definition) is 2. The molecule has 3 rings (SSSR count). The van der Waals surface area contributed by atoms with Gasteiger partial charge in [0, 0.05) is 32.2 Å². The highest BCUT2D eigenvalue weighted by molar-refractivity contribution is 6.27. The summed E-state index contributed by atoms with van der Waals surface area (Å²) in [5.41, 5.74) is 1.39. The maximum atomic E-state index is 11.8. The molecule has 1 aliphatic heterocycles. The van der Waals surface area contributed by atoms with E-state index in [0.29, 0.717) is 5.92 Å². The molecule has 0 N–H and O–H groups in total. The maximum absolute atomic E-state index is 11.8.